The molecule has 3 rings (SSSR count). The van der Waals surface area contributed by atoms with Crippen LogP contribution in [0.25, 0.3) is 0 Å². The van der Waals surface area contributed by atoms with Gasteiger partial charge in [-0.15, -0.1) is 0 Å². The molecule has 0 saturated carbocycles. The molecule has 0 aromatic heterocycles. The number of esters is 1. The summed E-state index contributed by atoms with van der Waals surface area (Å²) in [7, 11) is 3.20. The number of nitrogens with one attached hydrogen (secondary N) is 2. The Labute approximate surface area is 207 Å². The first-order valence-electron chi connectivity index (χ1n) is 11.9. The largest absolute Gasteiger partial charge is 0.496 e. The van der Waals surface area contributed by atoms with Gasteiger partial charge in [-0.25, -0.2) is 14.4 Å². The third-order valence-electron chi connectivity index (χ3n) is 6.04. The monoisotopic (exact) mass is 487 g/mol. The molecule has 2 N–H and O–H groups in total. The van der Waals surface area contributed by atoms with Crippen LogP contribution in [0.3, 0.4) is 0 Å². The number of benzene rings is 1. The summed E-state index contributed by atoms with van der Waals surface area (Å²) in [6.45, 7) is 10.5. The van der Waals surface area contributed by atoms with Crippen LogP contribution in [0.15, 0.2) is 35.5 Å². The highest BCUT2D eigenvalue weighted by Crippen LogP contribution is 2.35. The van der Waals surface area contributed by atoms with Gasteiger partial charge < -0.3 is 25.0 Å². The molecule has 1 saturated heterocycles. The number of carbonyl (C=O) groups excluding carboxylic acids is 3. The molecule has 1 fully saturated rings. The van der Waals surface area contributed by atoms with Crippen molar-refractivity contribution in [2.75, 3.05) is 53.5 Å². The van der Waals surface area contributed by atoms with Gasteiger partial charge in [0, 0.05) is 56.6 Å². The maximum atomic E-state index is 13.2. The van der Waals surface area contributed by atoms with Crippen molar-refractivity contribution in [1.82, 2.24) is 25.3 Å². The highest BCUT2D eigenvalue weighted by Gasteiger charge is 2.39. The summed E-state index contributed by atoms with van der Waals surface area (Å²) >= 11 is 0. The highest BCUT2D eigenvalue weighted by molar-refractivity contribution is 5.95. The smallest absolute Gasteiger partial charge is 0.338 e. The Morgan fingerprint density at radius 2 is 1.80 bits per heavy atom. The van der Waals surface area contributed by atoms with Gasteiger partial charge in [-0.1, -0.05) is 18.2 Å². The van der Waals surface area contributed by atoms with Crippen molar-refractivity contribution in [2.24, 2.45) is 0 Å². The number of nitrogens with zero attached hydrogens (tertiary/aromatic N) is 3. The van der Waals surface area contributed by atoms with Gasteiger partial charge in [0.2, 0.25) is 0 Å². The molecule has 1 atom stereocenters. The van der Waals surface area contributed by atoms with Crippen LogP contribution >= 0.6 is 0 Å². The molecular formula is C25H37N5O5. The number of ether oxygens (including phenoxy) is 2. The minimum atomic E-state index is -0.706. The van der Waals surface area contributed by atoms with Gasteiger partial charge in [-0.2, -0.15) is 0 Å². The minimum Gasteiger partial charge on any atom is -0.496 e. The molecule has 35 heavy (non-hydrogen) atoms. The second-order valence-corrected chi connectivity index (χ2v) is 9.71. The molecule has 10 heteroatoms. The fourth-order valence-corrected chi connectivity index (χ4v) is 4.26. The molecule has 0 unspecified atom stereocenters. The Morgan fingerprint density at radius 1 is 1.14 bits per heavy atom. The predicted octanol–water partition coefficient (Wildman–Crippen LogP) is 2.33. The van der Waals surface area contributed by atoms with E-state index >= 15 is 0 Å². The Bertz CT molecular complexity index is 979. The number of para-hydroxylation sites is 1. The van der Waals surface area contributed by atoms with E-state index in [1.54, 1.807) is 32.0 Å². The summed E-state index contributed by atoms with van der Waals surface area (Å²) in [6, 6.07) is 6.20. The molecule has 1 aromatic carbocycles. The number of piperazine rings is 1. The Morgan fingerprint density at radius 3 is 2.40 bits per heavy atom. The van der Waals surface area contributed by atoms with Crippen molar-refractivity contribution in [3.8, 4) is 5.75 Å². The first-order valence-corrected chi connectivity index (χ1v) is 11.9. The molecule has 0 bridgehead atoms. The number of rotatable bonds is 6. The van der Waals surface area contributed by atoms with E-state index in [1.807, 2.05) is 39.0 Å². The van der Waals surface area contributed by atoms with E-state index in [-0.39, 0.29) is 24.2 Å². The molecule has 2 heterocycles. The van der Waals surface area contributed by atoms with Gasteiger partial charge in [0.05, 0.1) is 25.3 Å². The Kier molecular flexibility index (Phi) is 8.26. The van der Waals surface area contributed by atoms with Crippen molar-refractivity contribution < 1.29 is 23.9 Å². The normalized spacial score (nSPS) is 19.4. The lowest BCUT2D eigenvalue weighted by Gasteiger charge is -2.40. The van der Waals surface area contributed by atoms with Crippen molar-refractivity contribution in [3.63, 3.8) is 0 Å². The van der Waals surface area contributed by atoms with E-state index in [9.17, 15) is 14.4 Å². The van der Waals surface area contributed by atoms with E-state index in [2.05, 4.69) is 15.5 Å². The highest BCUT2D eigenvalue weighted by atomic mass is 16.5. The van der Waals surface area contributed by atoms with Crippen LogP contribution in [0.1, 0.15) is 39.3 Å². The van der Waals surface area contributed by atoms with Crippen molar-refractivity contribution >= 4 is 18.0 Å². The zero-order valence-electron chi connectivity index (χ0n) is 21.5. The SMILES string of the molecule is CCOC(=O)C1=C(CN2CCN(C(=O)NC(C)(C)C)CC2)N(C)C(=O)N[C@H]1c1ccccc1OC. The Hall–Kier alpha value is -3.27. The summed E-state index contributed by atoms with van der Waals surface area (Å²) in [4.78, 5) is 44.1. The van der Waals surface area contributed by atoms with E-state index < -0.39 is 12.0 Å². The van der Waals surface area contributed by atoms with Crippen LogP contribution in [0.2, 0.25) is 0 Å². The van der Waals surface area contributed by atoms with E-state index in [1.165, 1.54) is 4.90 Å². The fraction of sp³-hybridized carbons (Fsp3) is 0.560. The van der Waals surface area contributed by atoms with Gasteiger partial charge in [0.15, 0.2) is 0 Å². The number of carbonyl (C=O) groups is 3. The van der Waals surface area contributed by atoms with Crippen LogP contribution in [0.5, 0.6) is 5.75 Å². The third kappa shape index (κ3) is 6.25. The number of hydrogen-bond donors (Lipinski definition) is 2. The molecule has 10 nitrogen and oxygen atoms in total. The molecule has 1 aromatic rings. The van der Waals surface area contributed by atoms with Gasteiger partial charge in [0.1, 0.15) is 5.75 Å². The topological polar surface area (TPSA) is 103 Å². The zero-order chi connectivity index (χ0) is 25.8. The van der Waals surface area contributed by atoms with E-state index in [0.29, 0.717) is 55.3 Å². The molecule has 2 aliphatic heterocycles. The average Bonchev–Trinajstić information content (AvgIpc) is 2.81. The molecule has 4 amide bonds. The molecule has 192 valence electrons. The van der Waals surface area contributed by atoms with Crippen molar-refractivity contribution in [2.45, 2.75) is 39.3 Å². The maximum Gasteiger partial charge on any atom is 0.338 e. The van der Waals surface area contributed by atoms with Gasteiger partial charge in [0.25, 0.3) is 0 Å². The lowest BCUT2D eigenvalue weighted by atomic mass is 9.93. The quantitative estimate of drug-likeness (QED) is 0.597. The fourth-order valence-electron chi connectivity index (χ4n) is 4.26. The molecular weight excluding hydrogens is 450 g/mol. The number of urea groups is 2. The van der Waals surface area contributed by atoms with Crippen LogP contribution in [-0.4, -0.2) is 91.8 Å². The number of amides is 4. The molecule has 0 spiro atoms. The van der Waals surface area contributed by atoms with Crippen LogP contribution < -0.4 is 15.4 Å². The summed E-state index contributed by atoms with van der Waals surface area (Å²) in [6.07, 6.45) is 0. The lowest BCUT2D eigenvalue weighted by Crippen LogP contribution is -2.56. The zero-order valence-corrected chi connectivity index (χ0v) is 21.5. The second-order valence-electron chi connectivity index (χ2n) is 9.71. The predicted molar refractivity (Wildman–Crippen MR) is 132 cm³/mol. The summed E-state index contributed by atoms with van der Waals surface area (Å²) < 4.78 is 10.9. The Balaban J connectivity index is 1.88. The molecule has 0 radical (unpaired) electrons. The van der Waals surface area contributed by atoms with E-state index in [0.717, 1.165) is 0 Å². The van der Waals surface area contributed by atoms with Gasteiger partial charge >= 0.3 is 18.0 Å². The number of likely N-dealkylation sites (N-methyl/N-ethyl adjacent to an activating group) is 1. The van der Waals surface area contributed by atoms with Crippen LogP contribution in [-0.2, 0) is 9.53 Å². The summed E-state index contributed by atoms with van der Waals surface area (Å²) in [5.74, 6) is 0.0930. The minimum absolute atomic E-state index is 0.0889. The van der Waals surface area contributed by atoms with Crippen molar-refractivity contribution in [3.05, 3.63) is 41.1 Å². The first-order chi connectivity index (χ1) is 16.6. The molecule has 0 aliphatic carbocycles. The van der Waals surface area contributed by atoms with E-state index in [4.69, 9.17) is 9.47 Å². The second kappa shape index (κ2) is 11.0. The van der Waals surface area contributed by atoms with Crippen LogP contribution in [0.4, 0.5) is 9.59 Å². The number of methoxy groups -OCH3 is 1. The third-order valence-corrected chi connectivity index (χ3v) is 6.04. The van der Waals surface area contributed by atoms with Crippen LogP contribution in [0, 0.1) is 0 Å². The standard InChI is InChI=1S/C25H37N5O5/c1-7-35-22(31)20-18(16-29-12-14-30(15-13-29)24(33)27-25(2,3)4)28(5)23(32)26-21(20)17-10-8-9-11-19(17)34-6/h8-11,21H,7,12-16H2,1-6H3,(H,26,32)(H,27,33)/t21-/m0/s1. The van der Waals surface area contributed by atoms with Gasteiger partial charge in [-0.05, 0) is 33.8 Å². The first kappa shape index (κ1) is 26.3. The summed E-state index contributed by atoms with van der Waals surface area (Å²) in [5.41, 5.74) is 1.34. The van der Waals surface area contributed by atoms with Gasteiger partial charge in [-0.3, -0.25) is 9.80 Å². The summed E-state index contributed by atoms with van der Waals surface area (Å²) in [5, 5.41) is 5.92. The maximum absolute atomic E-state index is 13.2. The average molecular weight is 488 g/mol. The molecule has 2 aliphatic rings. The number of hydrogen-bond acceptors (Lipinski definition) is 6. The lowest BCUT2D eigenvalue weighted by molar-refractivity contribution is -0.139. The van der Waals surface area contributed by atoms with Crippen molar-refractivity contribution in [1.29, 1.82) is 0 Å².